The van der Waals surface area contributed by atoms with Gasteiger partial charge in [-0.25, -0.2) is 4.79 Å². The number of unbranched alkanes of at least 4 members (excludes halogenated alkanes) is 18. The van der Waals surface area contributed by atoms with Crippen molar-refractivity contribution in [1.82, 2.24) is 9.80 Å². The number of carbonyl (C=O) groups is 1. The fourth-order valence-electron chi connectivity index (χ4n) is 4.78. The average molecular weight is 481 g/mol. The molecular weight excluding hydrogens is 416 g/mol. The number of nitrogens with zero attached hydrogens (tertiary/aromatic N) is 2. The molecule has 0 aromatic carbocycles. The highest BCUT2D eigenvalue weighted by Gasteiger charge is 2.20. The van der Waals surface area contributed by atoms with Crippen molar-refractivity contribution in [2.24, 2.45) is 0 Å². The third-order valence-corrected chi connectivity index (χ3v) is 7.17. The van der Waals surface area contributed by atoms with Crippen molar-refractivity contribution in [2.75, 3.05) is 26.2 Å². The van der Waals surface area contributed by atoms with Crippen LogP contribution in [-0.4, -0.2) is 42.0 Å². The zero-order valence-corrected chi connectivity index (χ0v) is 24.2. The lowest BCUT2D eigenvalue weighted by molar-refractivity contribution is 0.148. The number of urea groups is 1. The van der Waals surface area contributed by atoms with Crippen LogP contribution in [0.3, 0.4) is 0 Å². The van der Waals surface area contributed by atoms with Gasteiger partial charge in [-0.3, -0.25) is 0 Å². The lowest BCUT2D eigenvalue weighted by Gasteiger charge is -2.31. The van der Waals surface area contributed by atoms with Crippen molar-refractivity contribution in [2.45, 2.75) is 169 Å². The molecule has 3 heteroatoms. The molecule has 204 valence electrons. The summed E-state index contributed by atoms with van der Waals surface area (Å²) in [5.41, 5.74) is 0. The molecule has 0 heterocycles. The predicted molar refractivity (Wildman–Crippen MR) is 153 cm³/mol. The lowest BCUT2D eigenvalue weighted by atomic mass is 10.1. The van der Waals surface area contributed by atoms with Crippen LogP contribution >= 0.6 is 0 Å². The molecule has 0 radical (unpaired) electrons. The molecule has 34 heavy (non-hydrogen) atoms. The van der Waals surface area contributed by atoms with Crippen LogP contribution in [-0.2, 0) is 0 Å². The fourth-order valence-corrected chi connectivity index (χ4v) is 4.78. The third-order valence-electron chi connectivity index (χ3n) is 7.17. The summed E-state index contributed by atoms with van der Waals surface area (Å²) in [5, 5.41) is 0. The second-order valence-electron chi connectivity index (χ2n) is 10.6. The molecule has 0 saturated heterocycles. The molecule has 0 aliphatic rings. The summed E-state index contributed by atoms with van der Waals surface area (Å²) in [6.07, 6.45) is 28.5. The van der Waals surface area contributed by atoms with Gasteiger partial charge in [-0.05, 0) is 25.7 Å². The maximum atomic E-state index is 13.6. The Morgan fingerprint density at radius 3 is 0.853 bits per heavy atom. The minimum atomic E-state index is 0.332. The van der Waals surface area contributed by atoms with Crippen LogP contribution in [0.2, 0.25) is 0 Å². The van der Waals surface area contributed by atoms with Gasteiger partial charge < -0.3 is 9.80 Å². The Kier molecular flexibility index (Phi) is 26.3. The molecule has 0 bridgehead atoms. The van der Waals surface area contributed by atoms with Gasteiger partial charge in [0.25, 0.3) is 0 Å². The van der Waals surface area contributed by atoms with Crippen molar-refractivity contribution in [1.29, 1.82) is 0 Å². The molecule has 0 spiro atoms. The minimum Gasteiger partial charge on any atom is -0.325 e. The molecule has 0 fully saturated rings. The minimum absolute atomic E-state index is 0.332. The van der Waals surface area contributed by atoms with E-state index in [4.69, 9.17) is 0 Å². The maximum absolute atomic E-state index is 13.6. The van der Waals surface area contributed by atoms with E-state index in [9.17, 15) is 4.79 Å². The van der Waals surface area contributed by atoms with Gasteiger partial charge in [0.05, 0.1) is 0 Å². The van der Waals surface area contributed by atoms with Gasteiger partial charge in [-0.1, -0.05) is 143 Å². The Bertz CT molecular complexity index is 376. The summed E-state index contributed by atoms with van der Waals surface area (Å²) in [6.45, 7) is 12.9. The lowest BCUT2D eigenvalue weighted by Crippen LogP contribution is -2.45. The Morgan fingerprint density at radius 2 is 0.559 bits per heavy atom. The highest BCUT2D eigenvalue weighted by Crippen LogP contribution is 2.14. The molecule has 0 atom stereocenters. The average Bonchev–Trinajstić information content (AvgIpc) is 2.84. The number of rotatable bonds is 26. The first-order chi connectivity index (χ1) is 16.7. The number of hydrogen-bond acceptors (Lipinski definition) is 1. The molecule has 0 aromatic rings. The van der Waals surface area contributed by atoms with Crippen LogP contribution in [0.1, 0.15) is 169 Å². The summed E-state index contributed by atoms with van der Waals surface area (Å²) in [5.74, 6) is 0. The molecule has 0 aliphatic heterocycles. The van der Waals surface area contributed by atoms with Gasteiger partial charge in [-0.15, -0.1) is 0 Å². The van der Waals surface area contributed by atoms with Crippen LogP contribution in [0, 0.1) is 0 Å². The molecule has 0 aromatic heterocycles. The highest BCUT2D eigenvalue weighted by molar-refractivity contribution is 5.74. The van der Waals surface area contributed by atoms with Crippen LogP contribution in [0.5, 0.6) is 0 Å². The van der Waals surface area contributed by atoms with Crippen molar-refractivity contribution in [3.63, 3.8) is 0 Å². The fraction of sp³-hybridized carbons (Fsp3) is 0.968. The number of carbonyl (C=O) groups excluding carboxylic acids is 1. The monoisotopic (exact) mass is 481 g/mol. The summed E-state index contributed by atoms with van der Waals surface area (Å²) in [6, 6.07) is 0.332. The molecule has 2 amide bonds. The normalized spacial score (nSPS) is 11.2. The quantitative estimate of drug-likeness (QED) is 0.113. The van der Waals surface area contributed by atoms with E-state index in [0.29, 0.717) is 6.03 Å². The second-order valence-corrected chi connectivity index (χ2v) is 10.6. The van der Waals surface area contributed by atoms with Crippen molar-refractivity contribution in [3.05, 3.63) is 0 Å². The van der Waals surface area contributed by atoms with Gasteiger partial charge in [0, 0.05) is 26.2 Å². The van der Waals surface area contributed by atoms with Gasteiger partial charge in [0.2, 0.25) is 0 Å². The Morgan fingerprint density at radius 1 is 0.353 bits per heavy atom. The molecule has 0 aliphatic carbocycles. The van der Waals surface area contributed by atoms with Gasteiger partial charge >= 0.3 is 6.03 Å². The summed E-state index contributed by atoms with van der Waals surface area (Å²) in [7, 11) is 0. The SMILES string of the molecule is CCCCCCCCCCN(CCCCC)C(=O)N(CCCCC)CCCCCCCCCC. The standard InChI is InChI=1S/C31H64N2O/c1-5-9-13-15-17-19-21-25-29-32(27-23-11-7-3)31(34)33(28-24-12-8-4)30-26-22-20-18-16-14-10-6-2/h5-30H2,1-4H3. The van der Waals surface area contributed by atoms with Crippen LogP contribution < -0.4 is 0 Å². The Balaban J connectivity index is 4.54. The first-order valence-corrected chi connectivity index (χ1v) is 15.7. The molecule has 3 nitrogen and oxygen atoms in total. The summed E-state index contributed by atoms with van der Waals surface area (Å²) in [4.78, 5) is 18.0. The molecule has 0 unspecified atom stereocenters. The second kappa shape index (κ2) is 26.9. The first-order valence-electron chi connectivity index (χ1n) is 15.7. The zero-order chi connectivity index (χ0) is 25.1. The van der Waals surface area contributed by atoms with E-state index in [0.717, 1.165) is 39.0 Å². The van der Waals surface area contributed by atoms with Crippen LogP contribution in [0.25, 0.3) is 0 Å². The van der Waals surface area contributed by atoms with Crippen LogP contribution in [0.15, 0.2) is 0 Å². The van der Waals surface area contributed by atoms with Crippen molar-refractivity contribution < 1.29 is 4.79 Å². The Hall–Kier alpha value is -0.730. The molecule has 0 saturated carbocycles. The van der Waals surface area contributed by atoms with Gasteiger partial charge in [0.1, 0.15) is 0 Å². The third kappa shape index (κ3) is 20.6. The van der Waals surface area contributed by atoms with Crippen molar-refractivity contribution >= 4 is 6.03 Å². The molecular formula is C31H64N2O. The van der Waals surface area contributed by atoms with E-state index >= 15 is 0 Å². The Labute approximate surface area is 215 Å². The molecule has 0 rings (SSSR count). The van der Waals surface area contributed by atoms with E-state index in [1.54, 1.807) is 0 Å². The first kappa shape index (κ1) is 33.3. The number of amides is 2. The summed E-state index contributed by atoms with van der Waals surface area (Å²) < 4.78 is 0. The maximum Gasteiger partial charge on any atom is 0.319 e. The largest absolute Gasteiger partial charge is 0.325 e. The van der Waals surface area contributed by atoms with Gasteiger partial charge in [-0.2, -0.15) is 0 Å². The smallest absolute Gasteiger partial charge is 0.319 e. The van der Waals surface area contributed by atoms with Gasteiger partial charge in [0.15, 0.2) is 0 Å². The topological polar surface area (TPSA) is 23.6 Å². The van der Waals surface area contributed by atoms with E-state index in [2.05, 4.69) is 37.5 Å². The predicted octanol–water partition coefficient (Wildman–Crippen LogP) is 10.4. The van der Waals surface area contributed by atoms with Crippen LogP contribution in [0.4, 0.5) is 4.79 Å². The molecule has 0 N–H and O–H groups in total. The summed E-state index contributed by atoms with van der Waals surface area (Å²) >= 11 is 0. The van der Waals surface area contributed by atoms with E-state index in [1.165, 1.54) is 128 Å². The van der Waals surface area contributed by atoms with E-state index in [-0.39, 0.29) is 0 Å². The van der Waals surface area contributed by atoms with Crippen molar-refractivity contribution in [3.8, 4) is 0 Å². The zero-order valence-electron chi connectivity index (χ0n) is 24.2. The highest BCUT2D eigenvalue weighted by atomic mass is 16.2. The van der Waals surface area contributed by atoms with E-state index < -0.39 is 0 Å². The number of hydrogen-bond donors (Lipinski definition) is 0. The van der Waals surface area contributed by atoms with E-state index in [1.807, 2.05) is 0 Å².